The number of urea groups is 1. The number of hydrogen-bond donors (Lipinski definition) is 3. The molecule has 3 aromatic rings. The highest BCUT2D eigenvalue weighted by atomic mass is 35.5. The molecule has 32 heavy (non-hydrogen) atoms. The Kier molecular flexibility index (Phi) is 6.75. The summed E-state index contributed by atoms with van der Waals surface area (Å²) in [5, 5.41) is 8.36. The number of rotatable bonds is 8. The summed E-state index contributed by atoms with van der Waals surface area (Å²) in [5.74, 6) is 0.0639. The van der Waals surface area contributed by atoms with Gasteiger partial charge in [-0.2, -0.15) is 0 Å². The van der Waals surface area contributed by atoms with Crippen LogP contribution in [0.1, 0.15) is 23.2 Å². The van der Waals surface area contributed by atoms with Gasteiger partial charge in [-0.05, 0) is 55.6 Å². The van der Waals surface area contributed by atoms with E-state index in [1.807, 2.05) is 0 Å². The number of amides is 3. The van der Waals surface area contributed by atoms with Crippen LogP contribution in [0.15, 0.2) is 47.4 Å². The minimum Gasteiger partial charge on any atom is -0.315 e. The molecule has 2 aromatic carbocycles. The zero-order valence-corrected chi connectivity index (χ0v) is 19.3. The number of nitrogens with one attached hydrogen (secondary N) is 3. The average molecular weight is 493 g/mol. The van der Waals surface area contributed by atoms with Gasteiger partial charge >= 0.3 is 6.03 Å². The van der Waals surface area contributed by atoms with Crippen LogP contribution in [0.4, 0.5) is 9.93 Å². The maximum absolute atomic E-state index is 12.6. The monoisotopic (exact) mass is 492 g/mol. The van der Waals surface area contributed by atoms with Gasteiger partial charge in [-0.15, -0.1) is 0 Å². The molecule has 1 aromatic heterocycles. The first-order chi connectivity index (χ1) is 15.3. The number of nitrogens with zero attached hydrogens (tertiary/aromatic N) is 1. The minimum absolute atomic E-state index is 0.0156. The topological polar surface area (TPSA) is 117 Å². The summed E-state index contributed by atoms with van der Waals surface area (Å²) in [5.41, 5.74) is 0.726. The summed E-state index contributed by atoms with van der Waals surface area (Å²) in [4.78, 5) is 28.9. The zero-order valence-electron chi connectivity index (χ0n) is 16.9. The lowest BCUT2D eigenvalue weighted by atomic mass is 10.2. The van der Waals surface area contributed by atoms with Crippen molar-refractivity contribution >= 4 is 60.1 Å². The molecule has 168 valence electrons. The molecule has 0 atom stereocenters. The molecule has 0 spiro atoms. The van der Waals surface area contributed by atoms with E-state index in [0.717, 1.165) is 17.9 Å². The van der Waals surface area contributed by atoms with Crippen LogP contribution in [0.2, 0.25) is 5.02 Å². The second-order valence-corrected chi connectivity index (χ2v) is 11.1. The number of benzene rings is 2. The minimum atomic E-state index is -3.43. The third-order valence-corrected chi connectivity index (χ3v) is 7.94. The molecule has 1 heterocycles. The number of sulfone groups is 1. The Morgan fingerprint density at radius 1 is 1.16 bits per heavy atom. The smallest absolute Gasteiger partial charge is 0.315 e. The van der Waals surface area contributed by atoms with Crippen molar-refractivity contribution in [1.82, 2.24) is 15.6 Å². The number of anilines is 1. The number of thiazole rings is 1. The van der Waals surface area contributed by atoms with Crippen molar-refractivity contribution in [3.05, 3.63) is 53.1 Å². The quantitative estimate of drug-likeness (QED) is 0.413. The number of hydrogen-bond acceptors (Lipinski definition) is 7. The molecule has 0 unspecified atom stereocenters. The molecule has 1 saturated carbocycles. The highest BCUT2D eigenvalue weighted by Crippen LogP contribution is 2.29. The summed E-state index contributed by atoms with van der Waals surface area (Å²) in [7, 11) is -3.43. The fourth-order valence-corrected chi connectivity index (χ4v) is 5.47. The Hall–Kier alpha value is -2.53. The van der Waals surface area contributed by atoms with Gasteiger partial charge in [0.1, 0.15) is 0 Å². The van der Waals surface area contributed by atoms with E-state index in [1.54, 1.807) is 30.3 Å². The van der Waals surface area contributed by atoms with E-state index in [4.69, 9.17) is 11.6 Å². The van der Waals surface area contributed by atoms with Gasteiger partial charge in [-0.1, -0.05) is 35.1 Å². The molecule has 1 fully saturated rings. The molecule has 0 saturated heterocycles. The van der Waals surface area contributed by atoms with Crippen molar-refractivity contribution < 1.29 is 18.0 Å². The highest BCUT2D eigenvalue weighted by Gasteiger charge is 2.21. The summed E-state index contributed by atoms with van der Waals surface area (Å²) in [6.07, 6.45) is 2.43. The first-order valence-electron chi connectivity index (χ1n) is 10.0. The number of fused-ring (bicyclic) bond motifs is 1. The number of halogens is 1. The van der Waals surface area contributed by atoms with Crippen LogP contribution >= 0.6 is 22.9 Å². The van der Waals surface area contributed by atoms with Crippen molar-refractivity contribution in [2.75, 3.05) is 24.2 Å². The number of carbonyl (C=O) groups excluding carboxylic acids is 2. The normalized spacial score (nSPS) is 13.8. The number of aromatic nitrogens is 1. The summed E-state index contributed by atoms with van der Waals surface area (Å²) >= 11 is 7.09. The molecule has 4 rings (SSSR count). The van der Waals surface area contributed by atoms with Gasteiger partial charge in [0.15, 0.2) is 15.0 Å². The third-order valence-electron chi connectivity index (χ3n) is 4.96. The molecule has 3 N–H and O–H groups in total. The van der Waals surface area contributed by atoms with E-state index in [-0.39, 0.29) is 26.4 Å². The fraction of sp³-hybridized carbons (Fsp3) is 0.286. The average Bonchev–Trinajstić information content (AvgIpc) is 3.48. The second-order valence-electron chi connectivity index (χ2n) is 7.50. The lowest BCUT2D eigenvalue weighted by Crippen LogP contribution is -2.34. The molecule has 1 aliphatic carbocycles. The predicted octanol–water partition coefficient (Wildman–Crippen LogP) is 3.68. The van der Waals surface area contributed by atoms with Gasteiger partial charge in [0, 0.05) is 6.54 Å². The summed E-state index contributed by atoms with van der Waals surface area (Å²) in [6.45, 7) is 1.27. The Balaban J connectivity index is 1.39. The van der Waals surface area contributed by atoms with E-state index < -0.39 is 21.8 Å². The summed E-state index contributed by atoms with van der Waals surface area (Å²) < 4.78 is 25.9. The Bertz CT molecular complexity index is 1270. The Labute approximate surface area is 194 Å². The molecule has 1 aliphatic rings. The maximum atomic E-state index is 12.6. The lowest BCUT2D eigenvalue weighted by molar-refractivity contribution is 0.0967. The molecule has 0 bridgehead atoms. The fourth-order valence-electron chi connectivity index (χ4n) is 3.05. The Morgan fingerprint density at radius 3 is 2.69 bits per heavy atom. The highest BCUT2D eigenvalue weighted by molar-refractivity contribution is 7.91. The lowest BCUT2D eigenvalue weighted by Gasteiger charge is -2.06. The van der Waals surface area contributed by atoms with Crippen molar-refractivity contribution in [2.24, 2.45) is 5.92 Å². The van der Waals surface area contributed by atoms with Crippen LogP contribution in [0.5, 0.6) is 0 Å². The third kappa shape index (κ3) is 5.63. The number of imide groups is 1. The standard InChI is InChI=1S/C21H21ClN4O4S2/c22-16-4-2-1-3-15(16)19(27)25-20(28)26-21-24-17-8-7-14(11-18(17)31-21)32(29,30)10-9-23-12-13-5-6-13/h1-4,7-8,11,13,23H,5-6,9-10,12H2,(H2,24,25,26,27,28). The Morgan fingerprint density at radius 2 is 1.94 bits per heavy atom. The first-order valence-corrected chi connectivity index (χ1v) is 12.9. The predicted molar refractivity (Wildman–Crippen MR) is 125 cm³/mol. The summed E-state index contributed by atoms with van der Waals surface area (Å²) in [6, 6.07) is 10.3. The number of carbonyl (C=O) groups is 2. The van der Waals surface area contributed by atoms with Crippen LogP contribution in [0.3, 0.4) is 0 Å². The van der Waals surface area contributed by atoms with Crippen molar-refractivity contribution in [1.29, 1.82) is 0 Å². The van der Waals surface area contributed by atoms with E-state index >= 15 is 0 Å². The van der Waals surface area contributed by atoms with Crippen LogP contribution in [-0.2, 0) is 9.84 Å². The largest absolute Gasteiger partial charge is 0.327 e. The molecule has 3 amide bonds. The van der Waals surface area contributed by atoms with E-state index in [2.05, 4.69) is 20.9 Å². The SMILES string of the molecule is O=C(NC(=O)c1ccccc1Cl)Nc1nc2ccc(S(=O)(=O)CCNCC3CC3)cc2s1. The van der Waals surface area contributed by atoms with Gasteiger partial charge in [0.05, 0.1) is 31.5 Å². The molecule has 8 nitrogen and oxygen atoms in total. The van der Waals surface area contributed by atoms with Crippen LogP contribution < -0.4 is 16.0 Å². The van der Waals surface area contributed by atoms with Gasteiger partial charge in [-0.25, -0.2) is 18.2 Å². The molecule has 0 aliphatic heterocycles. The van der Waals surface area contributed by atoms with E-state index in [1.165, 1.54) is 25.0 Å². The van der Waals surface area contributed by atoms with Gasteiger partial charge in [-0.3, -0.25) is 15.4 Å². The van der Waals surface area contributed by atoms with Crippen molar-refractivity contribution in [2.45, 2.75) is 17.7 Å². The van der Waals surface area contributed by atoms with Crippen LogP contribution in [-0.4, -0.2) is 44.2 Å². The van der Waals surface area contributed by atoms with Gasteiger partial charge < -0.3 is 5.32 Å². The molecular weight excluding hydrogens is 472 g/mol. The van der Waals surface area contributed by atoms with Gasteiger partial charge in [0.25, 0.3) is 5.91 Å². The zero-order chi connectivity index (χ0) is 22.7. The van der Waals surface area contributed by atoms with E-state index in [0.29, 0.717) is 22.7 Å². The molecule has 11 heteroatoms. The van der Waals surface area contributed by atoms with Crippen LogP contribution in [0.25, 0.3) is 10.2 Å². The first kappa shape index (κ1) is 22.7. The van der Waals surface area contributed by atoms with Crippen LogP contribution in [0, 0.1) is 5.92 Å². The maximum Gasteiger partial charge on any atom is 0.327 e. The van der Waals surface area contributed by atoms with Gasteiger partial charge in [0.2, 0.25) is 0 Å². The van der Waals surface area contributed by atoms with Crippen molar-refractivity contribution in [3.8, 4) is 0 Å². The van der Waals surface area contributed by atoms with Crippen molar-refractivity contribution in [3.63, 3.8) is 0 Å². The molecule has 0 radical (unpaired) electrons. The molecular formula is C21H21ClN4O4S2. The second kappa shape index (κ2) is 9.53. The van der Waals surface area contributed by atoms with E-state index in [9.17, 15) is 18.0 Å².